The van der Waals surface area contributed by atoms with Gasteiger partial charge in [0.15, 0.2) is 0 Å². The Morgan fingerprint density at radius 1 is 1.55 bits per heavy atom. The lowest BCUT2D eigenvalue weighted by Gasteiger charge is -2.24. The van der Waals surface area contributed by atoms with Crippen LogP contribution in [0, 0.1) is 5.92 Å². The Labute approximate surface area is 75.1 Å². The second-order valence-electron chi connectivity index (χ2n) is 3.36. The number of rotatable bonds is 2. The van der Waals surface area contributed by atoms with Crippen molar-refractivity contribution in [2.45, 2.75) is 26.3 Å². The summed E-state index contributed by atoms with van der Waals surface area (Å²) in [6.07, 6.45) is 1.24. The van der Waals surface area contributed by atoms with E-state index in [1.807, 2.05) is 0 Å². The zero-order chi connectivity index (χ0) is 7.40. The maximum absolute atomic E-state index is 5.32. The smallest absolute Gasteiger partial charge is 0.0620 e. The van der Waals surface area contributed by atoms with Gasteiger partial charge in [-0.3, -0.25) is 0 Å². The number of halogens is 1. The highest BCUT2D eigenvalue weighted by Crippen LogP contribution is 2.06. The topological polar surface area (TPSA) is 21.3 Å². The van der Waals surface area contributed by atoms with Crippen LogP contribution in [0.2, 0.25) is 0 Å². The molecule has 1 rings (SSSR count). The Kier molecular flexibility index (Phi) is 5.92. The Morgan fingerprint density at radius 2 is 2.27 bits per heavy atom. The van der Waals surface area contributed by atoms with Gasteiger partial charge in [0.2, 0.25) is 0 Å². The summed E-state index contributed by atoms with van der Waals surface area (Å²) in [6, 6.07) is 0.605. The highest BCUT2D eigenvalue weighted by atomic mass is 35.5. The predicted octanol–water partition coefficient (Wildman–Crippen LogP) is 1.44. The van der Waals surface area contributed by atoms with Crippen molar-refractivity contribution in [3.8, 4) is 0 Å². The van der Waals surface area contributed by atoms with Crippen molar-refractivity contribution in [1.82, 2.24) is 5.32 Å². The van der Waals surface area contributed by atoms with Gasteiger partial charge in [0.1, 0.15) is 0 Å². The van der Waals surface area contributed by atoms with Crippen LogP contribution in [-0.4, -0.2) is 25.8 Å². The van der Waals surface area contributed by atoms with E-state index in [0.717, 1.165) is 25.7 Å². The summed E-state index contributed by atoms with van der Waals surface area (Å²) < 4.78 is 5.32. The molecule has 0 aromatic heterocycles. The van der Waals surface area contributed by atoms with Crippen LogP contribution in [0.3, 0.4) is 0 Å². The monoisotopic (exact) mass is 179 g/mol. The summed E-state index contributed by atoms with van der Waals surface area (Å²) in [5.41, 5.74) is 0. The summed E-state index contributed by atoms with van der Waals surface area (Å²) in [4.78, 5) is 0. The number of hydrogen-bond donors (Lipinski definition) is 1. The van der Waals surface area contributed by atoms with Gasteiger partial charge in [0.25, 0.3) is 0 Å². The van der Waals surface area contributed by atoms with Gasteiger partial charge < -0.3 is 10.1 Å². The summed E-state index contributed by atoms with van der Waals surface area (Å²) >= 11 is 0. The van der Waals surface area contributed by atoms with Gasteiger partial charge in [-0.25, -0.2) is 0 Å². The van der Waals surface area contributed by atoms with Crippen LogP contribution in [0.4, 0.5) is 0 Å². The van der Waals surface area contributed by atoms with E-state index in [0.29, 0.717) is 6.04 Å². The molecule has 1 fully saturated rings. The van der Waals surface area contributed by atoms with E-state index in [1.54, 1.807) is 0 Å². The highest BCUT2D eigenvalue weighted by molar-refractivity contribution is 5.85. The lowest BCUT2D eigenvalue weighted by atomic mass is 10.0. The highest BCUT2D eigenvalue weighted by Gasteiger charge is 2.13. The van der Waals surface area contributed by atoms with E-state index >= 15 is 0 Å². The van der Waals surface area contributed by atoms with Crippen molar-refractivity contribution in [3.05, 3.63) is 0 Å². The van der Waals surface area contributed by atoms with Crippen molar-refractivity contribution in [3.63, 3.8) is 0 Å². The SMILES string of the molecule is CC(C)C[C@@H]1COCCN1.Cl. The number of ether oxygens (including phenoxy) is 1. The van der Waals surface area contributed by atoms with E-state index in [9.17, 15) is 0 Å². The lowest BCUT2D eigenvalue weighted by molar-refractivity contribution is 0.0702. The molecular formula is C8H18ClNO. The summed E-state index contributed by atoms with van der Waals surface area (Å²) in [5, 5.41) is 3.43. The molecule has 0 amide bonds. The molecule has 1 N–H and O–H groups in total. The molecule has 0 saturated carbocycles. The fraction of sp³-hybridized carbons (Fsp3) is 1.00. The normalized spacial score (nSPS) is 24.8. The third-order valence-corrected chi connectivity index (χ3v) is 1.75. The first-order valence-electron chi connectivity index (χ1n) is 4.10. The van der Waals surface area contributed by atoms with Crippen molar-refractivity contribution >= 4 is 12.4 Å². The Balaban J connectivity index is 0.000001000. The molecule has 0 aliphatic carbocycles. The first kappa shape index (κ1) is 11.2. The van der Waals surface area contributed by atoms with E-state index in [2.05, 4.69) is 19.2 Å². The molecule has 0 spiro atoms. The molecule has 0 aromatic carbocycles. The zero-order valence-electron chi connectivity index (χ0n) is 7.30. The van der Waals surface area contributed by atoms with Gasteiger partial charge in [-0.1, -0.05) is 13.8 Å². The first-order valence-corrected chi connectivity index (χ1v) is 4.10. The molecule has 0 bridgehead atoms. The number of morpholine rings is 1. The minimum Gasteiger partial charge on any atom is -0.379 e. The molecule has 68 valence electrons. The van der Waals surface area contributed by atoms with Crippen LogP contribution in [0.1, 0.15) is 20.3 Å². The fourth-order valence-corrected chi connectivity index (χ4v) is 1.34. The average molecular weight is 180 g/mol. The van der Waals surface area contributed by atoms with Crippen LogP contribution < -0.4 is 5.32 Å². The molecule has 0 aromatic rings. The molecule has 0 unspecified atom stereocenters. The molecule has 11 heavy (non-hydrogen) atoms. The van der Waals surface area contributed by atoms with Crippen molar-refractivity contribution < 1.29 is 4.74 Å². The molecule has 1 aliphatic rings. The van der Waals surface area contributed by atoms with Gasteiger partial charge in [0, 0.05) is 12.6 Å². The second kappa shape index (κ2) is 5.81. The van der Waals surface area contributed by atoms with Gasteiger partial charge in [0.05, 0.1) is 13.2 Å². The van der Waals surface area contributed by atoms with Gasteiger partial charge in [-0.2, -0.15) is 0 Å². The fourth-order valence-electron chi connectivity index (χ4n) is 1.34. The lowest BCUT2D eigenvalue weighted by Crippen LogP contribution is -2.41. The minimum absolute atomic E-state index is 0. The van der Waals surface area contributed by atoms with Gasteiger partial charge >= 0.3 is 0 Å². The van der Waals surface area contributed by atoms with Crippen LogP contribution in [-0.2, 0) is 4.74 Å². The van der Waals surface area contributed by atoms with Crippen LogP contribution in [0.5, 0.6) is 0 Å². The third-order valence-electron chi connectivity index (χ3n) is 1.75. The molecule has 1 aliphatic heterocycles. The number of hydrogen-bond acceptors (Lipinski definition) is 2. The van der Waals surface area contributed by atoms with E-state index in [1.165, 1.54) is 6.42 Å². The molecular weight excluding hydrogens is 162 g/mol. The Morgan fingerprint density at radius 3 is 2.73 bits per heavy atom. The van der Waals surface area contributed by atoms with Crippen LogP contribution >= 0.6 is 12.4 Å². The quantitative estimate of drug-likeness (QED) is 0.693. The Hall–Kier alpha value is 0.210. The van der Waals surface area contributed by atoms with Crippen LogP contribution in [0.25, 0.3) is 0 Å². The maximum Gasteiger partial charge on any atom is 0.0620 e. The molecule has 3 heteroatoms. The summed E-state index contributed by atoms with van der Waals surface area (Å²) in [5.74, 6) is 0.777. The molecule has 2 nitrogen and oxygen atoms in total. The van der Waals surface area contributed by atoms with Gasteiger partial charge in [-0.05, 0) is 12.3 Å². The van der Waals surface area contributed by atoms with E-state index in [4.69, 9.17) is 4.74 Å². The first-order chi connectivity index (χ1) is 4.79. The third kappa shape index (κ3) is 4.62. The van der Waals surface area contributed by atoms with Crippen LogP contribution in [0.15, 0.2) is 0 Å². The molecule has 1 atom stereocenters. The zero-order valence-corrected chi connectivity index (χ0v) is 8.12. The van der Waals surface area contributed by atoms with Crippen molar-refractivity contribution in [1.29, 1.82) is 0 Å². The largest absolute Gasteiger partial charge is 0.379 e. The number of nitrogens with one attached hydrogen (secondary N) is 1. The Bertz CT molecular complexity index is 92.1. The van der Waals surface area contributed by atoms with E-state index in [-0.39, 0.29) is 12.4 Å². The average Bonchev–Trinajstić information content (AvgIpc) is 1.88. The molecule has 0 radical (unpaired) electrons. The summed E-state index contributed by atoms with van der Waals surface area (Å²) in [7, 11) is 0. The second-order valence-corrected chi connectivity index (χ2v) is 3.36. The van der Waals surface area contributed by atoms with Crippen molar-refractivity contribution in [2.24, 2.45) is 5.92 Å². The van der Waals surface area contributed by atoms with Crippen molar-refractivity contribution in [2.75, 3.05) is 19.8 Å². The summed E-state index contributed by atoms with van der Waals surface area (Å²) in [6.45, 7) is 7.30. The maximum atomic E-state index is 5.32. The van der Waals surface area contributed by atoms with E-state index < -0.39 is 0 Å². The molecule has 1 heterocycles. The standard InChI is InChI=1S/C8H17NO.ClH/c1-7(2)5-8-6-10-4-3-9-8;/h7-9H,3-6H2,1-2H3;1H/t8-;/m1./s1. The molecule has 1 saturated heterocycles. The minimum atomic E-state index is 0. The van der Waals surface area contributed by atoms with Gasteiger partial charge in [-0.15, -0.1) is 12.4 Å². The predicted molar refractivity (Wildman–Crippen MR) is 49.3 cm³/mol.